The van der Waals surface area contributed by atoms with Crippen LogP contribution < -0.4 is 0 Å². The molecule has 3 nitrogen and oxygen atoms in total. The molecule has 78 valence electrons. The van der Waals surface area contributed by atoms with Crippen LogP contribution in [0, 0.1) is 5.41 Å². The van der Waals surface area contributed by atoms with Crippen molar-refractivity contribution in [3.63, 3.8) is 0 Å². The topological polar surface area (TPSA) is 46.5 Å². The van der Waals surface area contributed by atoms with Crippen LogP contribution >= 0.6 is 0 Å². The quantitative estimate of drug-likeness (QED) is 0.560. The molecule has 0 saturated carbocycles. The molecule has 13 heavy (non-hydrogen) atoms. The molecule has 0 bridgehead atoms. The van der Waals surface area contributed by atoms with Gasteiger partial charge in [0.25, 0.3) is 0 Å². The van der Waals surface area contributed by atoms with E-state index < -0.39 is 13.7 Å². The highest BCUT2D eigenvalue weighted by Crippen LogP contribution is 2.21. The number of carbonyl (C=O) groups is 1. The molecule has 0 heterocycles. The molecule has 0 atom stereocenters. The van der Waals surface area contributed by atoms with Gasteiger partial charge in [-0.15, -0.1) is 0 Å². The maximum atomic E-state index is 11.4. The third kappa shape index (κ3) is 5.05. The van der Waals surface area contributed by atoms with Gasteiger partial charge in [-0.2, -0.15) is 0 Å². The first-order valence-electron chi connectivity index (χ1n) is 4.58. The van der Waals surface area contributed by atoms with Crippen molar-refractivity contribution in [2.75, 3.05) is 6.23 Å². The molecule has 0 fully saturated rings. The van der Waals surface area contributed by atoms with Crippen LogP contribution in [-0.4, -0.2) is 25.3 Å². The Bertz CT molecular complexity index is 182. The molecular weight excluding hydrogens is 184 g/mol. The van der Waals surface area contributed by atoms with Crippen LogP contribution in [-0.2, 0) is 9.53 Å². The number of esters is 1. The molecule has 0 rings (SSSR count). The van der Waals surface area contributed by atoms with Crippen LogP contribution in [0.4, 0.5) is 0 Å². The van der Waals surface area contributed by atoms with E-state index in [2.05, 4.69) is 0 Å². The van der Waals surface area contributed by atoms with Crippen molar-refractivity contribution >= 4 is 14.3 Å². The Morgan fingerprint density at radius 1 is 1.46 bits per heavy atom. The molecule has 0 unspecified atom stereocenters. The summed E-state index contributed by atoms with van der Waals surface area (Å²) in [5, 5.41) is 0. The molecule has 0 radical (unpaired) electrons. The maximum Gasteiger partial charge on any atom is 0.311 e. The van der Waals surface area contributed by atoms with Crippen LogP contribution in [0.15, 0.2) is 0 Å². The molecule has 4 heteroatoms. The lowest BCUT2D eigenvalue weighted by atomic mass is 9.91. The van der Waals surface area contributed by atoms with E-state index >= 15 is 0 Å². The Morgan fingerprint density at radius 2 is 1.92 bits per heavy atom. The van der Waals surface area contributed by atoms with Gasteiger partial charge in [-0.05, 0) is 33.4 Å². The molecule has 0 aromatic rings. The molecule has 0 aliphatic carbocycles. The largest absolute Gasteiger partial charge is 0.466 e. The van der Waals surface area contributed by atoms with Crippen molar-refractivity contribution in [3.05, 3.63) is 0 Å². The van der Waals surface area contributed by atoms with Crippen LogP contribution in [0.3, 0.4) is 0 Å². The number of hydrogen-bond donors (Lipinski definition) is 1. The van der Waals surface area contributed by atoms with Gasteiger partial charge in [-0.25, -0.2) is 0 Å². The molecule has 0 aliphatic heterocycles. The number of ether oxygens (including phenoxy) is 1. The predicted molar refractivity (Wildman–Crippen MR) is 54.7 cm³/mol. The first-order valence-corrected chi connectivity index (χ1v) is 7.74. The summed E-state index contributed by atoms with van der Waals surface area (Å²) in [7, 11) is -2.25. The SMILES string of the molecule is CCC(C)(C)C(=O)OC[Si](C)(C)O. The van der Waals surface area contributed by atoms with Crippen LogP contribution in [0.1, 0.15) is 27.2 Å². The lowest BCUT2D eigenvalue weighted by Crippen LogP contribution is -2.37. The van der Waals surface area contributed by atoms with E-state index in [-0.39, 0.29) is 12.2 Å². The van der Waals surface area contributed by atoms with Gasteiger partial charge in [0.1, 0.15) is 6.23 Å². The van der Waals surface area contributed by atoms with E-state index in [1.165, 1.54) is 0 Å². The molecule has 0 aromatic heterocycles. The maximum absolute atomic E-state index is 11.4. The van der Waals surface area contributed by atoms with Gasteiger partial charge in [0.2, 0.25) is 8.32 Å². The first kappa shape index (κ1) is 12.6. The molecule has 1 N–H and O–H groups in total. The van der Waals surface area contributed by atoms with Gasteiger partial charge in [-0.1, -0.05) is 6.92 Å². The normalized spacial score (nSPS) is 12.8. The summed E-state index contributed by atoms with van der Waals surface area (Å²) < 4.78 is 5.03. The fourth-order valence-corrected chi connectivity index (χ4v) is 1.07. The lowest BCUT2D eigenvalue weighted by Gasteiger charge is -2.22. The van der Waals surface area contributed by atoms with Gasteiger partial charge in [0.15, 0.2) is 0 Å². The van der Waals surface area contributed by atoms with E-state index in [1.54, 1.807) is 13.1 Å². The predicted octanol–water partition coefficient (Wildman–Crippen LogP) is 1.70. The summed E-state index contributed by atoms with van der Waals surface area (Å²) in [6.45, 7) is 9.14. The highest BCUT2D eigenvalue weighted by atomic mass is 28.4. The van der Waals surface area contributed by atoms with Crippen molar-refractivity contribution in [1.29, 1.82) is 0 Å². The summed E-state index contributed by atoms with van der Waals surface area (Å²) in [6, 6.07) is 0. The zero-order valence-corrected chi connectivity index (χ0v) is 10.2. The Kier molecular flexibility index (Phi) is 4.12. The lowest BCUT2D eigenvalue weighted by molar-refractivity contribution is -0.152. The highest BCUT2D eigenvalue weighted by molar-refractivity contribution is 6.69. The second kappa shape index (κ2) is 4.24. The fraction of sp³-hybridized carbons (Fsp3) is 0.889. The van der Waals surface area contributed by atoms with Gasteiger partial charge in [0.05, 0.1) is 5.41 Å². The minimum Gasteiger partial charge on any atom is -0.466 e. The van der Waals surface area contributed by atoms with Crippen molar-refractivity contribution in [3.8, 4) is 0 Å². The van der Waals surface area contributed by atoms with Gasteiger partial charge >= 0.3 is 5.97 Å². The minimum absolute atomic E-state index is 0.190. The number of hydrogen-bond acceptors (Lipinski definition) is 3. The molecule has 0 aromatic carbocycles. The minimum atomic E-state index is -2.25. The van der Waals surface area contributed by atoms with E-state index in [4.69, 9.17) is 4.74 Å². The third-order valence-corrected chi connectivity index (χ3v) is 2.84. The third-order valence-electron chi connectivity index (χ3n) is 1.99. The van der Waals surface area contributed by atoms with E-state index in [0.29, 0.717) is 0 Å². The Balaban J connectivity index is 4.03. The Morgan fingerprint density at radius 3 is 2.23 bits per heavy atom. The van der Waals surface area contributed by atoms with E-state index in [0.717, 1.165) is 6.42 Å². The van der Waals surface area contributed by atoms with Crippen molar-refractivity contribution < 1.29 is 14.3 Å². The summed E-state index contributed by atoms with van der Waals surface area (Å²) in [5.74, 6) is -0.218. The smallest absolute Gasteiger partial charge is 0.311 e. The second-order valence-electron chi connectivity index (χ2n) is 4.63. The molecule has 0 saturated heterocycles. The van der Waals surface area contributed by atoms with Gasteiger partial charge in [0, 0.05) is 0 Å². The van der Waals surface area contributed by atoms with Crippen molar-refractivity contribution in [2.24, 2.45) is 5.41 Å². The van der Waals surface area contributed by atoms with E-state index in [9.17, 15) is 9.59 Å². The average Bonchev–Trinajstić information content (AvgIpc) is 1.98. The molecule has 0 aliphatic rings. The number of rotatable bonds is 4. The summed E-state index contributed by atoms with van der Waals surface area (Å²) in [6.07, 6.45) is 0.939. The first-order chi connectivity index (χ1) is 5.69. The Hall–Kier alpha value is -0.353. The van der Waals surface area contributed by atoms with Gasteiger partial charge in [-0.3, -0.25) is 4.79 Å². The highest BCUT2D eigenvalue weighted by Gasteiger charge is 2.29. The molecular formula is C9H20O3Si. The van der Waals surface area contributed by atoms with E-state index in [1.807, 2.05) is 20.8 Å². The zero-order valence-electron chi connectivity index (χ0n) is 9.18. The standard InChI is InChI=1S/C9H20O3Si/c1-6-9(2,3)8(10)12-7-13(4,5)11/h11H,6-7H2,1-5H3. The van der Waals surface area contributed by atoms with Crippen LogP contribution in [0.25, 0.3) is 0 Å². The van der Waals surface area contributed by atoms with Crippen LogP contribution in [0.5, 0.6) is 0 Å². The monoisotopic (exact) mass is 204 g/mol. The zero-order chi connectivity index (χ0) is 10.7. The molecule has 0 spiro atoms. The van der Waals surface area contributed by atoms with Crippen molar-refractivity contribution in [1.82, 2.24) is 0 Å². The summed E-state index contributed by atoms with van der Waals surface area (Å²) in [4.78, 5) is 20.9. The van der Waals surface area contributed by atoms with Crippen LogP contribution in [0.2, 0.25) is 13.1 Å². The molecule has 0 amide bonds. The Labute approximate surface area is 81.2 Å². The summed E-state index contributed by atoms with van der Waals surface area (Å²) in [5.41, 5.74) is -0.431. The average molecular weight is 204 g/mol. The second-order valence-corrected chi connectivity index (χ2v) is 8.54. The number of carbonyl (C=O) groups excluding carboxylic acids is 1. The summed E-state index contributed by atoms with van der Waals surface area (Å²) >= 11 is 0. The van der Waals surface area contributed by atoms with Crippen molar-refractivity contribution in [2.45, 2.75) is 40.3 Å². The van der Waals surface area contributed by atoms with Gasteiger partial charge < -0.3 is 9.53 Å². The fourth-order valence-electron chi connectivity index (χ4n) is 0.582.